The summed E-state index contributed by atoms with van der Waals surface area (Å²) in [4.78, 5) is 0. The third kappa shape index (κ3) is 2.93. The summed E-state index contributed by atoms with van der Waals surface area (Å²) in [6, 6.07) is 8.73. The fourth-order valence-electron chi connectivity index (χ4n) is 2.99. The van der Waals surface area contributed by atoms with Gasteiger partial charge in [-0.05, 0) is 43.2 Å². The molecule has 0 bridgehead atoms. The first kappa shape index (κ1) is 13.6. The van der Waals surface area contributed by atoms with Gasteiger partial charge in [0.25, 0.3) is 0 Å². The van der Waals surface area contributed by atoms with Crippen LogP contribution in [0.3, 0.4) is 0 Å². The number of fused-ring (bicyclic) bond motifs is 1. The Labute approximate surface area is 110 Å². The van der Waals surface area contributed by atoms with Gasteiger partial charge in [0, 0.05) is 12.6 Å². The predicted octanol–water partition coefficient (Wildman–Crippen LogP) is 2.84. The van der Waals surface area contributed by atoms with Gasteiger partial charge >= 0.3 is 0 Å². The average molecular weight is 247 g/mol. The van der Waals surface area contributed by atoms with Crippen LogP contribution in [0.4, 0.5) is 0 Å². The van der Waals surface area contributed by atoms with E-state index in [1.807, 2.05) is 6.07 Å². The Morgan fingerprint density at radius 3 is 2.72 bits per heavy atom. The van der Waals surface area contributed by atoms with Gasteiger partial charge in [0.05, 0.1) is 0 Å². The number of benzene rings is 1. The number of nitrogens with one attached hydrogen (secondary N) is 1. The van der Waals surface area contributed by atoms with E-state index in [1.54, 1.807) is 0 Å². The molecule has 0 spiro atoms. The minimum absolute atomic E-state index is 0.460. The van der Waals surface area contributed by atoms with Crippen LogP contribution in [-0.4, -0.2) is 17.7 Å². The zero-order chi connectivity index (χ0) is 13.2. The van der Waals surface area contributed by atoms with E-state index in [0.29, 0.717) is 18.5 Å². The lowest BCUT2D eigenvalue weighted by atomic mass is 9.95. The van der Waals surface area contributed by atoms with Gasteiger partial charge in [0.1, 0.15) is 5.60 Å². The molecule has 2 heteroatoms. The summed E-state index contributed by atoms with van der Waals surface area (Å²) >= 11 is 0. The van der Waals surface area contributed by atoms with Crippen LogP contribution >= 0.6 is 0 Å². The third-order valence-electron chi connectivity index (χ3n) is 3.89. The second kappa shape index (κ2) is 5.41. The molecule has 2 atom stereocenters. The second-order valence-corrected chi connectivity index (χ2v) is 6.10. The van der Waals surface area contributed by atoms with Crippen LogP contribution in [0.1, 0.15) is 44.7 Å². The van der Waals surface area contributed by atoms with E-state index in [0.717, 1.165) is 24.8 Å². The Balaban J connectivity index is 1.98. The van der Waals surface area contributed by atoms with Gasteiger partial charge in [-0.1, -0.05) is 38.1 Å². The molecule has 0 heterocycles. The van der Waals surface area contributed by atoms with Crippen LogP contribution in [0, 0.1) is 5.92 Å². The van der Waals surface area contributed by atoms with Crippen LogP contribution in [0.5, 0.6) is 0 Å². The Hall–Kier alpha value is -0.860. The van der Waals surface area contributed by atoms with E-state index in [1.165, 1.54) is 5.56 Å². The second-order valence-electron chi connectivity index (χ2n) is 6.10. The zero-order valence-corrected chi connectivity index (χ0v) is 11.7. The van der Waals surface area contributed by atoms with Crippen molar-refractivity contribution in [3.05, 3.63) is 35.4 Å². The molecule has 2 unspecified atom stereocenters. The molecule has 1 aliphatic rings. The van der Waals surface area contributed by atoms with Gasteiger partial charge in [-0.3, -0.25) is 0 Å². The lowest BCUT2D eigenvalue weighted by molar-refractivity contribution is 0.0357. The molecule has 0 radical (unpaired) electrons. The molecule has 0 fully saturated rings. The van der Waals surface area contributed by atoms with Crippen molar-refractivity contribution < 1.29 is 5.11 Å². The summed E-state index contributed by atoms with van der Waals surface area (Å²) in [5, 5.41) is 14.3. The van der Waals surface area contributed by atoms with Crippen LogP contribution in [0.15, 0.2) is 24.3 Å². The quantitative estimate of drug-likeness (QED) is 0.838. The smallest absolute Gasteiger partial charge is 0.103 e. The van der Waals surface area contributed by atoms with Gasteiger partial charge < -0.3 is 10.4 Å². The number of aliphatic hydroxyl groups is 1. The summed E-state index contributed by atoms with van der Waals surface area (Å²) in [5.41, 5.74) is 1.76. The molecule has 1 aromatic rings. The molecule has 2 nitrogen and oxygen atoms in total. The summed E-state index contributed by atoms with van der Waals surface area (Å²) in [7, 11) is 0. The maximum Gasteiger partial charge on any atom is 0.103 e. The Kier molecular flexibility index (Phi) is 4.08. The molecule has 0 saturated heterocycles. The van der Waals surface area contributed by atoms with Crippen LogP contribution < -0.4 is 5.32 Å². The standard InChI is InChI=1S/C16H25NO/c1-12(2)10-13(3)17-11-16(18)9-8-14-6-4-5-7-15(14)16/h4-7,12-13,17-18H,8-11H2,1-3H3. The van der Waals surface area contributed by atoms with Gasteiger partial charge in [-0.25, -0.2) is 0 Å². The van der Waals surface area contributed by atoms with Crippen molar-refractivity contribution >= 4 is 0 Å². The molecule has 18 heavy (non-hydrogen) atoms. The molecule has 100 valence electrons. The minimum Gasteiger partial charge on any atom is -0.384 e. The molecular formula is C16H25NO. The van der Waals surface area contributed by atoms with Crippen molar-refractivity contribution in [2.75, 3.05) is 6.54 Å². The molecule has 0 amide bonds. The minimum atomic E-state index is -0.665. The highest BCUT2D eigenvalue weighted by Crippen LogP contribution is 2.36. The number of hydrogen-bond donors (Lipinski definition) is 2. The number of hydrogen-bond acceptors (Lipinski definition) is 2. The molecule has 1 aliphatic carbocycles. The maximum absolute atomic E-state index is 10.8. The molecule has 2 rings (SSSR count). The fraction of sp³-hybridized carbons (Fsp3) is 0.625. The van der Waals surface area contributed by atoms with E-state index < -0.39 is 5.60 Å². The highest BCUT2D eigenvalue weighted by Gasteiger charge is 2.36. The first-order chi connectivity index (χ1) is 8.51. The number of rotatable bonds is 5. The summed E-state index contributed by atoms with van der Waals surface area (Å²) in [6.45, 7) is 7.33. The van der Waals surface area contributed by atoms with Crippen molar-refractivity contribution in [3.63, 3.8) is 0 Å². The van der Waals surface area contributed by atoms with Crippen LogP contribution in [0.2, 0.25) is 0 Å². The predicted molar refractivity (Wildman–Crippen MR) is 75.6 cm³/mol. The molecule has 0 saturated carbocycles. The van der Waals surface area contributed by atoms with Crippen molar-refractivity contribution in [3.8, 4) is 0 Å². The van der Waals surface area contributed by atoms with Gasteiger partial charge in [0.2, 0.25) is 0 Å². The van der Waals surface area contributed by atoms with Crippen molar-refractivity contribution in [1.29, 1.82) is 0 Å². The van der Waals surface area contributed by atoms with Gasteiger partial charge in [0.15, 0.2) is 0 Å². The van der Waals surface area contributed by atoms with Crippen LogP contribution in [-0.2, 0) is 12.0 Å². The lowest BCUT2D eigenvalue weighted by Crippen LogP contribution is -2.40. The Bertz CT molecular complexity index is 402. The summed E-state index contributed by atoms with van der Waals surface area (Å²) < 4.78 is 0. The first-order valence-electron chi connectivity index (χ1n) is 7.05. The topological polar surface area (TPSA) is 32.3 Å². The average Bonchev–Trinajstić information content (AvgIpc) is 2.66. The highest BCUT2D eigenvalue weighted by molar-refractivity contribution is 5.37. The molecule has 0 aliphatic heterocycles. The summed E-state index contributed by atoms with van der Waals surface area (Å²) in [6.07, 6.45) is 2.98. The van der Waals surface area contributed by atoms with E-state index in [2.05, 4.69) is 44.3 Å². The third-order valence-corrected chi connectivity index (χ3v) is 3.89. The molecule has 1 aromatic carbocycles. The first-order valence-corrected chi connectivity index (χ1v) is 7.05. The van der Waals surface area contributed by atoms with Crippen molar-refractivity contribution in [2.45, 2.75) is 51.7 Å². The molecule has 2 N–H and O–H groups in total. The van der Waals surface area contributed by atoms with E-state index in [9.17, 15) is 5.11 Å². The normalized spacial score (nSPS) is 24.3. The van der Waals surface area contributed by atoms with Gasteiger partial charge in [-0.15, -0.1) is 0 Å². The largest absolute Gasteiger partial charge is 0.384 e. The summed E-state index contributed by atoms with van der Waals surface area (Å²) in [5.74, 6) is 0.693. The van der Waals surface area contributed by atoms with Gasteiger partial charge in [-0.2, -0.15) is 0 Å². The number of aryl methyl sites for hydroxylation is 1. The molecule has 0 aromatic heterocycles. The van der Waals surface area contributed by atoms with E-state index >= 15 is 0 Å². The monoisotopic (exact) mass is 247 g/mol. The Morgan fingerprint density at radius 1 is 1.28 bits per heavy atom. The maximum atomic E-state index is 10.8. The van der Waals surface area contributed by atoms with Crippen LogP contribution in [0.25, 0.3) is 0 Å². The SMILES string of the molecule is CC(C)CC(C)NCC1(O)CCc2ccccc21. The fourth-order valence-corrected chi connectivity index (χ4v) is 2.99. The van der Waals surface area contributed by atoms with Crippen molar-refractivity contribution in [1.82, 2.24) is 5.32 Å². The highest BCUT2D eigenvalue weighted by atomic mass is 16.3. The van der Waals surface area contributed by atoms with E-state index in [-0.39, 0.29) is 0 Å². The van der Waals surface area contributed by atoms with Crippen molar-refractivity contribution in [2.24, 2.45) is 5.92 Å². The molecular weight excluding hydrogens is 222 g/mol. The van der Waals surface area contributed by atoms with E-state index in [4.69, 9.17) is 0 Å². The Morgan fingerprint density at radius 2 is 2.00 bits per heavy atom. The lowest BCUT2D eigenvalue weighted by Gasteiger charge is -2.27. The zero-order valence-electron chi connectivity index (χ0n) is 11.7.